The predicted octanol–water partition coefficient (Wildman–Crippen LogP) is 0.161. The van der Waals surface area contributed by atoms with E-state index in [1.807, 2.05) is 0 Å². The molecule has 0 saturated heterocycles. The molecule has 0 radical (unpaired) electrons. The maximum absolute atomic E-state index is 11.1. The molecular weight excluding hydrogens is 178 g/mol. The number of H-pyrrole nitrogens is 2. The highest BCUT2D eigenvalue weighted by Crippen LogP contribution is 2.01. The van der Waals surface area contributed by atoms with Gasteiger partial charge in [0.1, 0.15) is 5.82 Å². The van der Waals surface area contributed by atoms with Crippen molar-refractivity contribution < 1.29 is 4.74 Å². The third-order valence-electron chi connectivity index (χ3n) is 1.36. The van der Waals surface area contributed by atoms with Crippen molar-refractivity contribution in [1.29, 1.82) is 0 Å². The molecule has 6 heteroatoms. The number of aromatic nitrogens is 2. The second-order valence-corrected chi connectivity index (χ2v) is 2.64. The third kappa shape index (κ3) is 1.72. The van der Waals surface area contributed by atoms with Crippen LogP contribution in [0.4, 0.5) is 5.82 Å². The van der Waals surface area contributed by atoms with E-state index in [4.69, 9.17) is 22.7 Å². The summed E-state index contributed by atoms with van der Waals surface area (Å²) in [6.07, 6.45) is 0. The summed E-state index contributed by atoms with van der Waals surface area (Å²) < 4.78 is 5.00. The molecule has 0 unspecified atom stereocenters. The van der Waals surface area contributed by atoms with Gasteiger partial charge in [0.05, 0.1) is 12.2 Å². The lowest BCUT2D eigenvalue weighted by atomic mass is 10.3. The average Bonchev–Trinajstić information content (AvgIpc) is 1.96. The lowest BCUT2D eigenvalue weighted by molar-refractivity contribution is 0.184. The molecule has 12 heavy (non-hydrogen) atoms. The fraction of sp³-hybridized carbons (Fsp3) is 0.333. The van der Waals surface area contributed by atoms with Gasteiger partial charge in [-0.3, -0.25) is 9.78 Å². The lowest BCUT2D eigenvalue weighted by Crippen LogP contribution is -2.17. The molecule has 0 saturated carbocycles. The minimum Gasteiger partial charge on any atom is -0.385 e. The SMILES string of the molecule is COCc1c(N)[nH]c(=S)[nH]c1=O. The Morgan fingerprint density at radius 1 is 1.58 bits per heavy atom. The standard InChI is InChI=1S/C6H9N3O2S/c1-11-2-3-4(7)8-6(12)9-5(3)10/h2H2,1H3,(H4,7,8,9,10,12). The molecule has 0 spiro atoms. The fourth-order valence-electron chi connectivity index (χ4n) is 0.818. The Kier molecular flexibility index (Phi) is 2.61. The molecule has 0 fully saturated rings. The van der Waals surface area contributed by atoms with E-state index in [2.05, 4.69) is 9.97 Å². The second-order valence-electron chi connectivity index (χ2n) is 2.23. The first-order chi connectivity index (χ1) is 5.65. The number of nitrogen functional groups attached to an aromatic ring is 1. The Bertz CT molecular complexity index is 381. The summed E-state index contributed by atoms with van der Waals surface area (Å²) in [5, 5.41) is 0. The van der Waals surface area contributed by atoms with Crippen LogP contribution in [0.5, 0.6) is 0 Å². The Balaban J connectivity index is 3.29. The molecule has 0 amide bonds. The van der Waals surface area contributed by atoms with E-state index < -0.39 is 0 Å². The van der Waals surface area contributed by atoms with Crippen molar-refractivity contribution >= 4 is 18.0 Å². The zero-order valence-corrected chi connectivity index (χ0v) is 7.33. The number of hydrogen-bond acceptors (Lipinski definition) is 4. The van der Waals surface area contributed by atoms with E-state index in [9.17, 15) is 4.79 Å². The lowest BCUT2D eigenvalue weighted by Gasteiger charge is -2.01. The maximum Gasteiger partial charge on any atom is 0.259 e. The molecule has 4 N–H and O–H groups in total. The first-order valence-electron chi connectivity index (χ1n) is 3.25. The van der Waals surface area contributed by atoms with Crippen LogP contribution in [0.15, 0.2) is 4.79 Å². The number of aromatic amines is 2. The van der Waals surface area contributed by atoms with Crippen LogP contribution in [0.1, 0.15) is 5.56 Å². The Morgan fingerprint density at radius 3 is 2.75 bits per heavy atom. The first-order valence-corrected chi connectivity index (χ1v) is 3.66. The number of hydrogen-bond donors (Lipinski definition) is 3. The third-order valence-corrected chi connectivity index (χ3v) is 1.57. The summed E-state index contributed by atoms with van der Waals surface area (Å²) in [6, 6.07) is 0. The minimum absolute atomic E-state index is 0.174. The van der Waals surface area contributed by atoms with Crippen LogP contribution in [-0.4, -0.2) is 17.1 Å². The zero-order chi connectivity index (χ0) is 9.14. The highest BCUT2D eigenvalue weighted by Gasteiger charge is 2.03. The number of nitrogens with one attached hydrogen (secondary N) is 2. The number of anilines is 1. The van der Waals surface area contributed by atoms with Gasteiger partial charge in [-0.1, -0.05) is 0 Å². The van der Waals surface area contributed by atoms with Gasteiger partial charge in [-0.05, 0) is 12.2 Å². The molecule has 0 aromatic carbocycles. The van der Waals surface area contributed by atoms with Gasteiger partial charge in [0.25, 0.3) is 5.56 Å². The highest BCUT2D eigenvalue weighted by molar-refractivity contribution is 7.71. The van der Waals surface area contributed by atoms with E-state index in [0.29, 0.717) is 5.56 Å². The molecule has 0 aliphatic heterocycles. The summed E-state index contributed by atoms with van der Waals surface area (Å²) in [7, 11) is 1.49. The van der Waals surface area contributed by atoms with Gasteiger partial charge in [0, 0.05) is 7.11 Å². The van der Waals surface area contributed by atoms with Gasteiger partial charge in [0.15, 0.2) is 4.77 Å². The largest absolute Gasteiger partial charge is 0.385 e. The Morgan fingerprint density at radius 2 is 2.25 bits per heavy atom. The van der Waals surface area contributed by atoms with E-state index in [1.54, 1.807) is 0 Å². The van der Waals surface area contributed by atoms with Gasteiger partial charge in [0.2, 0.25) is 0 Å². The summed E-state index contributed by atoms with van der Waals surface area (Å²) in [5.74, 6) is 0.255. The van der Waals surface area contributed by atoms with Crippen molar-refractivity contribution in [1.82, 2.24) is 9.97 Å². The molecule has 1 aromatic heterocycles. The smallest absolute Gasteiger partial charge is 0.259 e. The van der Waals surface area contributed by atoms with Crippen LogP contribution in [0, 0.1) is 4.77 Å². The van der Waals surface area contributed by atoms with Gasteiger partial charge in [-0.25, -0.2) is 0 Å². The molecule has 66 valence electrons. The van der Waals surface area contributed by atoms with E-state index in [-0.39, 0.29) is 22.8 Å². The second kappa shape index (κ2) is 3.51. The highest BCUT2D eigenvalue weighted by atomic mass is 32.1. The minimum atomic E-state index is -0.307. The number of rotatable bonds is 2. The molecular formula is C6H9N3O2S. The molecule has 5 nitrogen and oxygen atoms in total. The summed E-state index contributed by atoms with van der Waals surface area (Å²) in [6.45, 7) is 0.174. The van der Waals surface area contributed by atoms with Crippen molar-refractivity contribution in [2.75, 3.05) is 12.8 Å². The maximum atomic E-state index is 11.1. The van der Waals surface area contributed by atoms with E-state index in [1.165, 1.54) is 7.11 Å². The predicted molar refractivity (Wildman–Crippen MR) is 47.4 cm³/mol. The van der Waals surface area contributed by atoms with Crippen molar-refractivity contribution in [2.45, 2.75) is 6.61 Å². The van der Waals surface area contributed by atoms with Crippen LogP contribution >= 0.6 is 12.2 Å². The molecule has 1 rings (SSSR count). The topological polar surface area (TPSA) is 83.9 Å². The Hall–Kier alpha value is -1.14. The van der Waals surface area contributed by atoms with Crippen LogP contribution in [0.25, 0.3) is 0 Å². The van der Waals surface area contributed by atoms with Crippen molar-refractivity contribution in [3.8, 4) is 0 Å². The van der Waals surface area contributed by atoms with Crippen LogP contribution in [0.2, 0.25) is 0 Å². The van der Waals surface area contributed by atoms with Crippen molar-refractivity contribution in [2.24, 2.45) is 0 Å². The first kappa shape index (κ1) is 8.95. The number of methoxy groups -OCH3 is 1. The summed E-state index contributed by atoms with van der Waals surface area (Å²) >= 11 is 4.70. The quantitative estimate of drug-likeness (QED) is 0.576. The average molecular weight is 187 g/mol. The number of nitrogens with two attached hydrogens (primary N) is 1. The van der Waals surface area contributed by atoms with E-state index in [0.717, 1.165) is 0 Å². The number of ether oxygens (including phenoxy) is 1. The molecule has 0 aliphatic rings. The van der Waals surface area contributed by atoms with Crippen LogP contribution in [-0.2, 0) is 11.3 Å². The molecule has 0 atom stereocenters. The van der Waals surface area contributed by atoms with Gasteiger partial charge in [-0.2, -0.15) is 0 Å². The van der Waals surface area contributed by atoms with Gasteiger partial charge < -0.3 is 15.5 Å². The summed E-state index contributed by atoms with van der Waals surface area (Å²) in [4.78, 5) is 16.2. The van der Waals surface area contributed by atoms with Crippen molar-refractivity contribution in [3.05, 3.63) is 20.7 Å². The molecule has 1 heterocycles. The van der Waals surface area contributed by atoms with Gasteiger partial charge >= 0.3 is 0 Å². The molecule has 0 aliphatic carbocycles. The van der Waals surface area contributed by atoms with Gasteiger partial charge in [-0.15, -0.1) is 0 Å². The molecule has 0 bridgehead atoms. The van der Waals surface area contributed by atoms with E-state index >= 15 is 0 Å². The fourth-order valence-corrected chi connectivity index (χ4v) is 1.02. The zero-order valence-electron chi connectivity index (χ0n) is 6.51. The van der Waals surface area contributed by atoms with Crippen LogP contribution < -0.4 is 11.3 Å². The Labute approximate surface area is 73.6 Å². The normalized spacial score (nSPS) is 10.1. The monoisotopic (exact) mass is 187 g/mol. The van der Waals surface area contributed by atoms with Crippen LogP contribution in [0.3, 0.4) is 0 Å². The van der Waals surface area contributed by atoms with Crippen molar-refractivity contribution in [3.63, 3.8) is 0 Å². The summed E-state index contributed by atoms with van der Waals surface area (Å²) in [5.41, 5.74) is 5.55. The molecule has 1 aromatic rings.